The molecule has 0 saturated carbocycles. The van der Waals surface area contributed by atoms with Crippen LogP contribution in [0.2, 0.25) is 0 Å². The molecule has 0 saturated heterocycles. The number of para-hydroxylation sites is 2. The number of hydrogen-bond acceptors (Lipinski definition) is 6. The number of rotatable bonds is 5. The predicted octanol–water partition coefficient (Wildman–Crippen LogP) is 4.57. The average Bonchev–Trinajstić information content (AvgIpc) is 2.70. The molecule has 0 aliphatic carbocycles. The van der Waals surface area contributed by atoms with Crippen molar-refractivity contribution in [2.75, 3.05) is 5.32 Å². The summed E-state index contributed by atoms with van der Waals surface area (Å²) in [5.41, 5.74) is -0.195. The monoisotopic (exact) mass is 393 g/mol. The average molecular weight is 393 g/mol. The first-order valence-corrected chi connectivity index (χ1v) is 8.37. The topological polar surface area (TPSA) is 111 Å². The van der Waals surface area contributed by atoms with Crippen molar-refractivity contribution in [1.82, 2.24) is 0 Å². The number of ether oxygens (including phenoxy) is 3. The first kappa shape index (κ1) is 19.4. The van der Waals surface area contributed by atoms with Crippen molar-refractivity contribution >= 4 is 23.9 Å². The highest BCUT2D eigenvalue weighted by atomic mass is 16.7. The van der Waals surface area contributed by atoms with Crippen molar-refractivity contribution in [3.8, 4) is 17.2 Å². The van der Waals surface area contributed by atoms with Crippen LogP contribution in [0, 0.1) is 0 Å². The zero-order valence-electron chi connectivity index (χ0n) is 14.9. The first-order chi connectivity index (χ1) is 14.0. The van der Waals surface area contributed by atoms with Gasteiger partial charge >= 0.3 is 18.2 Å². The van der Waals surface area contributed by atoms with Gasteiger partial charge in [0.2, 0.25) is 0 Å². The maximum atomic E-state index is 11.9. The molecule has 1 amide bonds. The lowest BCUT2D eigenvalue weighted by Gasteiger charge is -2.11. The third-order valence-electron chi connectivity index (χ3n) is 3.55. The second-order valence-corrected chi connectivity index (χ2v) is 5.61. The lowest BCUT2D eigenvalue weighted by molar-refractivity contribution is 0.0693. The third-order valence-corrected chi connectivity index (χ3v) is 3.55. The lowest BCUT2D eigenvalue weighted by Crippen LogP contribution is -2.18. The summed E-state index contributed by atoms with van der Waals surface area (Å²) in [6.07, 6.45) is -1.90. The highest BCUT2D eigenvalue weighted by Gasteiger charge is 2.18. The van der Waals surface area contributed by atoms with Gasteiger partial charge in [-0.25, -0.2) is 14.4 Å². The van der Waals surface area contributed by atoms with Gasteiger partial charge in [0.1, 0.15) is 22.8 Å². The number of carbonyl (C=O) groups excluding carboxylic acids is 2. The Bertz CT molecular complexity index is 1020. The van der Waals surface area contributed by atoms with E-state index in [0.717, 1.165) is 6.07 Å². The van der Waals surface area contributed by atoms with E-state index in [-0.39, 0.29) is 22.7 Å². The number of amides is 1. The van der Waals surface area contributed by atoms with Crippen LogP contribution in [0.25, 0.3) is 0 Å². The number of carboxylic acid groups (broad SMARTS) is 1. The maximum absolute atomic E-state index is 11.9. The van der Waals surface area contributed by atoms with E-state index in [2.05, 4.69) is 5.32 Å². The van der Waals surface area contributed by atoms with Crippen LogP contribution in [0.3, 0.4) is 0 Å². The molecule has 0 aromatic heterocycles. The Kier molecular flexibility index (Phi) is 6.06. The maximum Gasteiger partial charge on any atom is 0.519 e. The van der Waals surface area contributed by atoms with Gasteiger partial charge < -0.3 is 19.3 Å². The first-order valence-electron chi connectivity index (χ1n) is 8.37. The Morgan fingerprint density at radius 2 is 1.31 bits per heavy atom. The summed E-state index contributed by atoms with van der Waals surface area (Å²) in [6.45, 7) is 0. The number of nitrogens with one attached hydrogen (secondary N) is 1. The van der Waals surface area contributed by atoms with E-state index in [9.17, 15) is 19.5 Å². The number of aromatic carboxylic acids is 1. The number of carboxylic acids is 1. The normalized spacial score (nSPS) is 9.93. The molecule has 0 heterocycles. The molecular formula is C21H15NO7. The highest BCUT2D eigenvalue weighted by Crippen LogP contribution is 2.24. The Balaban J connectivity index is 1.69. The molecule has 0 atom stereocenters. The smallest absolute Gasteiger partial charge is 0.478 e. The summed E-state index contributed by atoms with van der Waals surface area (Å²) in [6, 6.07) is 20.3. The third kappa shape index (κ3) is 5.57. The molecule has 3 rings (SSSR count). The van der Waals surface area contributed by atoms with Crippen LogP contribution in [-0.2, 0) is 0 Å². The summed E-state index contributed by atoms with van der Waals surface area (Å²) in [5.74, 6) is -1.02. The summed E-state index contributed by atoms with van der Waals surface area (Å²) < 4.78 is 15.0. The minimum Gasteiger partial charge on any atom is -0.478 e. The van der Waals surface area contributed by atoms with Gasteiger partial charge in [-0.2, -0.15) is 0 Å². The van der Waals surface area contributed by atoms with Gasteiger partial charge in [-0.3, -0.25) is 5.32 Å². The molecule has 3 aromatic rings. The van der Waals surface area contributed by atoms with E-state index in [1.54, 1.807) is 60.7 Å². The van der Waals surface area contributed by atoms with E-state index >= 15 is 0 Å². The van der Waals surface area contributed by atoms with Crippen LogP contribution in [0.4, 0.5) is 15.3 Å². The Morgan fingerprint density at radius 1 is 0.724 bits per heavy atom. The van der Waals surface area contributed by atoms with Gasteiger partial charge in [-0.05, 0) is 42.5 Å². The van der Waals surface area contributed by atoms with Gasteiger partial charge in [0.05, 0.1) is 0 Å². The van der Waals surface area contributed by atoms with Crippen molar-refractivity contribution in [2.24, 2.45) is 0 Å². The van der Waals surface area contributed by atoms with E-state index in [1.165, 1.54) is 12.1 Å². The van der Waals surface area contributed by atoms with Crippen molar-refractivity contribution < 1.29 is 33.7 Å². The summed E-state index contributed by atoms with van der Waals surface area (Å²) >= 11 is 0. The highest BCUT2D eigenvalue weighted by molar-refractivity contribution is 5.95. The molecular weight excluding hydrogens is 378 g/mol. The minimum absolute atomic E-state index is 0.145. The molecule has 0 unspecified atom stereocenters. The molecule has 8 nitrogen and oxygen atoms in total. The predicted molar refractivity (Wildman–Crippen MR) is 103 cm³/mol. The molecule has 146 valence electrons. The molecule has 0 fully saturated rings. The zero-order valence-corrected chi connectivity index (χ0v) is 14.9. The van der Waals surface area contributed by atoms with Crippen LogP contribution < -0.4 is 19.5 Å². The SMILES string of the molecule is O=C(Nc1ccc(OC(=O)Oc2ccccc2)c(C(=O)O)c1)Oc1ccccc1. The molecule has 0 bridgehead atoms. The van der Waals surface area contributed by atoms with Crippen LogP contribution in [0.5, 0.6) is 17.2 Å². The second kappa shape index (κ2) is 9.05. The number of carbonyl (C=O) groups is 3. The van der Waals surface area contributed by atoms with Gasteiger partial charge in [-0.1, -0.05) is 36.4 Å². The van der Waals surface area contributed by atoms with Crippen molar-refractivity contribution in [1.29, 1.82) is 0 Å². The Labute approximate surface area is 165 Å². The largest absolute Gasteiger partial charge is 0.519 e. The van der Waals surface area contributed by atoms with Crippen molar-refractivity contribution in [3.05, 3.63) is 84.4 Å². The van der Waals surface area contributed by atoms with Crippen molar-refractivity contribution in [2.45, 2.75) is 0 Å². The Morgan fingerprint density at radius 3 is 1.90 bits per heavy atom. The molecule has 0 spiro atoms. The summed E-state index contributed by atoms with van der Waals surface area (Å²) in [7, 11) is 0. The minimum atomic E-state index is -1.35. The lowest BCUT2D eigenvalue weighted by atomic mass is 10.2. The van der Waals surface area contributed by atoms with Crippen LogP contribution in [0.1, 0.15) is 10.4 Å². The fourth-order valence-electron chi connectivity index (χ4n) is 2.30. The fourth-order valence-corrected chi connectivity index (χ4v) is 2.30. The van der Waals surface area contributed by atoms with Gasteiger partial charge in [0.15, 0.2) is 0 Å². The quantitative estimate of drug-likeness (QED) is 0.482. The van der Waals surface area contributed by atoms with E-state index < -0.39 is 18.2 Å². The number of benzene rings is 3. The number of anilines is 1. The molecule has 0 aliphatic rings. The fraction of sp³-hybridized carbons (Fsp3) is 0. The van der Waals surface area contributed by atoms with Gasteiger partial charge in [0.25, 0.3) is 0 Å². The molecule has 8 heteroatoms. The Hall–Kier alpha value is -4.33. The molecule has 3 aromatic carbocycles. The van der Waals surface area contributed by atoms with E-state index in [1.807, 2.05) is 0 Å². The standard InChI is InChI=1S/C21H15NO7/c23-19(24)17-13-14(22-20(25)27-15-7-3-1-4-8-15)11-12-18(17)29-21(26)28-16-9-5-2-6-10-16/h1-13H,(H,22,25)(H,23,24). The molecule has 2 N–H and O–H groups in total. The summed E-state index contributed by atoms with van der Waals surface area (Å²) in [5, 5.41) is 11.8. The second-order valence-electron chi connectivity index (χ2n) is 5.61. The van der Waals surface area contributed by atoms with E-state index in [4.69, 9.17) is 14.2 Å². The van der Waals surface area contributed by atoms with Crippen molar-refractivity contribution in [3.63, 3.8) is 0 Å². The van der Waals surface area contributed by atoms with Crippen LogP contribution in [0.15, 0.2) is 78.9 Å². The summed E-state index contributed by atoms with van der Waals surface area (Å²) in [4.78, 5) is 35.4. The van der Waals surface area contributed by atoms with E-state index in [0.29, 0.717) is 5.75 Å². The van der Waals surface area contributed by atoms with Gasteiger partial charge in [0, 0.05) is 5.69 Å². The van der Waals surface area contributed by atoms with Crippen LogP contribution >= 0.6 is 0 Å². The molecule has 29 heavy (non-hydrogen) atoms. The molecule has 0 radical (unpaired) electrons. The number of hydrogen-bond donors (Lipinski definition) is 2. The van der Waals surface area contributed by atoms with Crippen LogP contribution in [-0.4, -0.2) is 23.3 Å². The zero-order chi connectivity index (χ0) is 20.6. The van der Waals surface area contributed by atoms with Gasteiger partial charge in [-0.15, -0.1) is 0 Å². The molecule has 0 aliphatic heterocycles.